The zero-order chi connectivity index (χ0) is 21.3. The number of carbonyl (C=O) groups is 1. The number of para-hydroxylation sites is 1. The molecule has 0 aliphatic carbocycles. The van der Waals surface area contributed by atoms with Crippen molar-refractivity contribution in [3.8, 4) is 16.9 Å². The molecule has 0 saturated carbocycles. The van der Waals surface area contributed by atoms with Crippen LogP contribution in [0.25, 0.3) is 33.1 Å². The fraction of sp³-hybridized carbons (Fsp3) is 0.174. The van der Waals surface area contributed by atoms with Gasteiger partial charge >= 0.3 is 17.2 Å². The first-order valence-electron chi connectivity index (χ1n) is 9.37. The van der Waals surface area contributed by atoms with E-state index in [2.05, 4.69) is 0 Å². The molecule has 30 heavy (non-hydrogen) atoms. The second-order valence-corrected chi connectivity index (χ2v) is 6.62. The standard InChI is InChI=1S/C23H18O7/c1-3-27-21(25)12-28-18-9-8-15-16(11-20(24)30-22(15)13(18)2)17-10-14-6-4-5-7-19(14)29-23(17)26/h4-11H,3,12H2,1-2H3. The number of benzene rings is 2. The molecule has 0 spiro atoms. The van der Waals surface area contributed by atoms with Gasteiger partial charge < -0.3 is 18.3 Å². The second-order valence-electron chi connectivity index (χ2n) is 6.62. The predicted octanol–water partition coefficient (Wildman–Crippen LogP) is 3.82. The van der Waals surface area contributed by atoms with Crippen LogP contribution in [0.1, 0.15) is 12.5 Å². The lowest BCUT2D eigenvalue weighted by Gasteiger charge is -2.12. The normalized spacial score (nSPS) is 11.0. The van der Waals surface area contributed by atoms with Crippen LogP contribution in [0, 0.1) is 6.92 Å². The first-order chi connectivity index (χ1) is 14.5. The predicted molar refractivity (Wildman–Crippen MR) is 111 cm³/mol. The van der Waals surface area contributed by atoms with Gasteiger partial charge in [0.1, 0.15) is 16.9 Å². The van der Waals surface area contributed by atoms with Crippen molar-refractivity contribution in [3.05, 3.63) is 74.9 Å². The number of aryl methyl sites for hydroxylation is 1. The lowest BCUT2D eigenvalue weighted by molar-refractivity contribution is -0.145. The van der Waals surface area contributed by atoms with Gasteiger partial charge in [0, 0.05) is 28.0 Å². The lowest BCUT2D eigenvalue weighted by Crippen LogP contribution is -2.15. The first kappa shape index (κ1) is 19.4. The summed E-state index contributed by atoms with van der Waals surface area (Å²) in [6.45, 7) is 3.40. The van der Waals surface area contributed by atoms with Crippen LogP contribution in [0.15, 0.2) is 67.0 Å². The van der Waals surface area contributed by atoms with Crippen molar-refractivity contribution < 1.29 is 23.1 Å². The smallest absolute Gasteiger partial charge is 0.344 e. The number of hydrogen-bond acceptors (Lipinski definition) is 7. The molecule has 0 atom stereocenters. The molecule has 4 rings (SSSR count). The zero-order valence-electron chi connectivity index (χ0n) is 16.4. The van der Waals surface area contributed by atoms with E-state index >= 15 is 0 Å². The molecule has 7 heteroatoms. The molecule has 2 aromatic heterocycles. The zero-order valence-corrected chi connectivity index (χ0v) is 16.4. The summed E-state index contributed by atoms with van der Waals surface area (Å²) in [6.07, 6.45) is 0. The average molecular weight is 406 g/mol. The van der Waals surface area contributed by atoms with Crippen LogP contribution in [0.3, 0.4) is 0 Å². The number of hydrogen-bond donors (Lipinski definition) is 0. The maximum atomic E-state index is 12.6. The highest BCUT2D eigenvalue weighted by Crippen LogP contribution is 2.33. The Morgan fingerprint density at radius 3 is 2.60 bits per heavy atom. The summed E-state index contributed by atoms with van der Waals surface area (Å²) in [5.41, 5.74) is 0.750. The summed E-state index contributed by atoms with van der Waals surface area (Å²) in [4.78, 5) is 36.4. The van der Waals surface area contributed by atoms with Gasteiger partial charge in [-0.2, -0.15) is 0 Å². The molecule has 0 unspecified atom stereocenters. The largest absolute Gasteiger partial charge is 0.481 e. The molecule has 0 fully saturated rings. The summed E-state index contributed by atoms with van der Waals surface area (Å²) >= 11 is 0. The van der Waals surface area contributed by atoms with Crippen molar-refractivity contribution in [3.63, 3.8) is 0 Å². The van der Waals surface area contributed by atoms with Gasteiger partial charge in [0.25, 0.3) is 0 Å². The van der Waals surface area contributed by atoms with Crippen molar-refractivity contribution >= 4 is 27.9 Å². The molecular weight excluding hydrogens is 388 g/mol. The minimum Gasteiger partial charge on any atom is -0.481 e. The molecule has 152 valence electrons. The lowest BCUT2D eigenvalue weighted by atomic mass is 10.0. The van der Waals surface area contributed by atoms with Crippen LogP contribution in [0.2, 0.25) is 0 Å². The van der Waals surface area contributed by atoms with E-state index in [9.17, 15) is 14.4 Å². The third-order valence-corrected chi connectivity index (χ3v) is 4.69. The highest BCUT2D eigenvalue weighted by atomic mass is 16.6. The van der Waals surface area contributed by atoms with Crippen LogP contribution in [-0.4, -0.2) is 19.2 Å². The van der Waals surface area contributed by atoms with Gasteiger partial charge in [-0.1, -0.05) is 18.2 Å². The van der Waals surface area contributed by atoms with Gasteiger partial charge in [-0.3, -0.25) is 0 Å². The summed E-state index contributed by atoms with van der Waals surface area (Å²) in [6, 6.07) is 13.4. The molecule has 0 saturated heterocycles. The fourth-order valence-electron chi connectivity index (χ4n) is 3.31. The van der Waals surface area contributed by atoms with E-state index < -0.39 is 17.2 Å². The van der Waals surface area contributed by atoms with E-state index in [0.717, 1.165) is 5.39 Å². The molecule has 0 aliphatic rings. The summed E-state index contributed by atoms with van der Waals surface area (Å²) in [7, 11) is 0. The highest BCUT2D eigenvalue weighted by molar-refractivity contribution is 5.97. The van der Waals surface area contributed by atoms with E-state index in [1.54, 1.807) is 44.2 Å². The Hall–Kier alpha value is -3.87. The van der Waals surface area contributed by atoms with E-state index in [1.807, 2.05) is 12.1 Å². The molecule has 7 nitrogen and oxygen atoms in total. The van der Waals surface area contributed by atoms with Crippen molar-refractivity contribution in [2.24, 2.45) is 0 Å². The SMILES string of the molecule is CCOC(=O)COc1ccc2c(-c3cc4ccccc4oc3=O)cc(=O)oc2c1C. The summed E-state index contributed by atoms with van der Waals surface area (Å²) in [5.74, 6) is -0.123. The van der Waals surface area contributed by atoms with Crippen LogP contribution in [0.5, 0.6) is 5.75 Å². The van der Waals surface area contributed by atoms with E-state index in [1.165, 1.54) is 6.07 Å². The molecular formula is C23H18O7. The van der Waals surface area contributed by atoms with Gasteiger partial charge in [0.15, 0.2) is 6.61 Å². The fourth-order valence-corrected chi connectivity index (χ4v) is 3.31. The minimum atomic E-state index is -0.615. The van der Waals surface area contributed by atoms with E-state index in [-0.39, 0.29) is 24.4 Å². The Morgan fingerprint density at radius 2 is 1.80 bits per heavy atom. The Balaban J connectivity index is 1.85. The minimum absolute atomic E-state index is 0.255. The Labute approximate surface area is 170 Å². The van der Waals surface area contributed by atoms with Gasteiger partial charge in [-0.15, -0.1) is 0 Å². The molecule has 2 aromatic carbocycles. The first-order valence-corrected chi connectivity index (χ1v) is 9.37. The van der Waals surface area contributed by atoms with Gasteiger partial charge in [0.05, 0.1) is 12.2 Å². The van der Waals surface area contributed by atoms with Crippen molar-refractivity contribution in [1.82, 2.24) is 0 Å². The number of carbonyl (C=O) groups excluding carboxylic acids is 1. The molecule has 2 heterocycles. The van der Waals surface area contributed by atoms with Crippen LogP contribution < -0.4 is 16.0 Å². The summed E-state index contributed by atoms with van der Waals surface area (Å²) < 4.78 is 21.2. The Kier molecular flexibility index (Phi) is 5.10. The average Bonchev–Trinajstić information content (AvgIpc) is 2.73. The molecule has 0 bridgehead atoms. The maximum Gasteiger partial charge on any atom is 0.344 e. The monoisotopic (exact) mass is 406 g/mol. The van der Waals surface area contributed by atoms with Crippen LogP contribution in [-0.2, 0) is 9.53 Å². The van der Waals surface area contributed by atoms with Crippen molar-refractivity contribution in [2.45, 2.75) is 13.8 Å². The Morgan fingerprint density at radius 1 is 1.00 bits per heavy atom. The molecule has 0 radical (unpaired) electrons. The maximum absolute atomic E-state index is 12.6. The van der Waals surface area contributed by atoms with Gasteiger partial charge in [0.2, 0.25) is 0 Å². The number of rotatable bonds is 5. The van der Waals surface area contributed by atoms with E-state index in [4.69, 9.17) is 18.3 Å². The van der Waals surface area contributed by atoms with Crippen LogP contribution in [0.4, 0.5) is 0 Å². The molecule has 4 aromatic rings. The Bertz CT molecular complexity index is 1380. The second kappa shape index (κ2) is 7.87. The molecule has 0 amide bonds. The molecule has 0 aliphatic heterocycles. The topological polar surface area (TPSA) is 96.0 Å². The van der Waals surface area contributed by atoms with E-state index in [0.29, 0.717) is 27.8 Å². The molecule has 0 N–H and O–H groups in total. The third kappa shape index (κ3) is 3.57. The third-order valence-electron chi connectivity index (χ3n) is 4.69. The van der Waals surface area contributed by atoms with Gasteiger partial charge in [-0.25, -0.2) is 14.4 Å². The van der Waals surface area contributed by atoms with Crippen molar-refractivity contribution in [1.29, 1.82) is 0 Å². The summed E-state index contributed by atoms with van der Waals surface area (Å²) in [5, 5.41) is 1.29. The van der Waals surface area contributed by atoms with Gasteiger partial charge in [-0.05, 0) is 38.1 Å². The van der Waals surface area contributed by atoms with Crippen molar-refractivity contribution in [2.75, 3.05) is 13.2 Å². The quantitative estimate of drug-likeness (QED) is 0.367. The number of esters is 1. The number of fused-ring (bicyclic) bond motifs is 2. The highest BCUT2D eigenvalue weighted by Gasteiger charge is 2.17. The number of ether oxygens (including phenoxy) is 2. The van der Waals surface area contributed by atoms with Crippen LogP contribution >= 0.6 is 0 Å².